The number of benzene rings is 2. The Balaban J connectivity index is 1.83. The zero-order valence-electron chi connectivity index (χ0n) is 13.8. The highest BCUT2D eigenvalue weighted by atomic mass is 79.9. The van der Waals surface area contributed by atoms with E-state index in [1.807, 2.05) is 0 Å². The molecular weight excluding hydrogens is 410 g/mol. The maximum absolute atomic E-state index is 12.6. The van der Waals surface area contributed by atoms with Crippen LogP contribution in [0.1, 0.15) is 18.6 Å². The topological polar surface area (TPSA) is 95.7 Å². The van der Waals surface area contributed by atoms with E-state index >= 15 is 0 Å². The molecule has 6 nitrogen and oxygen atoms in total. The van der Waals surface area contributed by atoms with Crippen molar-refractivity contribution in [2.24, 2.45) is 5.73 Å². The van der Waals surface area contributed by atoms with Crippen molar-refractivity contribution in [1.82, 2.24) is 0 Å². The minimum atomic E-state index is -4.15. The van der Waals surface area contributed by atoms with E-state index in [9.17, 15) is 13.2 Å². The van der Waals surface area contributed by atoms with Gasteiger partial charge in [-0.15, -0.1) is 0 Å². The summed E-state index contributed by atoms with van der Waals surface area (Å²) in [5, 5.41) is 0. The van der Waals surface area contributed by atoms with E-state index in [1.165, 1.54) is 12.1 Å². The SMILES string of the molecule is [2H][C@]1(c2ccc(Br)cc2)OC(N)=C(OS(=O)(=O)Cc2ccccc2)C1=O. The molecule has 1 aliphatic rings. The predicted octanol–water partition coefficient (Wildman–Crippen LogP) is 2.76. The molecule has 0 saturated heterocycles. The molecule has 0 fully saturated rings. The molecule has 2 aromatic carbocycles. The first-order valence-electron chi connectivity index (χ1n) is 7.67. The van der Waals surface area contributed by atoms with Gasteiger partial charge in [0, 0.05) is 10.0 Å². The van der Waals surface area contributed by atoms with E-state index in [-0.39, 0.29) is 5.56 Å². The third-order valence-corrected chi connectivity index (χ3v) is 4.99. The van der Waals surface area contributed by atoms with Crippen molar-refractivity contribution in [3.05, 3.63) is 81.8 Å². The van der Waals surface area contributed by atoms with Crippen LogP contribution in [-0.2, 0) is 29.6 Å². The highest BCUT2D eigenvalue weighted by Crippen LogP contribution is 2.33. The number of carbonyl (C=O) groups excluding carboxylic acids is 1. The monoisotopic (exact) mass is 424 g/mol. The largest absolute Gasteiger partial charge is 0.460 e. The van der Waals surface area contributed by atoms with Crippen LogP contribution < -0.4 is 5.73 Å². The van der Waals surface area contributed by atoms with Crippen LogP contribution in [-0.4, -0.2) is 14.2 Å². The van der Waals surface area contributed by atoms with Gasteiger partial charge in [-0.1, -0.05) is 58.4 Å². The van der Waals surface area contributed by atoms with Crippen LogP contribution >= 0.6 is 15.9 Å². The Bertz CT molecular complexity index is 976. The summed E-state index contributed by atoms with van der Waals surface area (Å²) in [6.07, 6.45) is -2.19. The number of Topliss-reactive ketones (excluding diaryl/α,β-unsaturated/α-hetero) is 1. The molecule has 1 aliphatic heterocycles. The number of hydrogen-bond acceptors (Lipinski definition) is 6. The number of rotatable bonds is 5. The summed E-state index contributed by atoms with van der Waals surface area (Å²) in [5.74, 6) is -2.64. The smallest absolute Gasteiger partial charge is 0.313 e. The molecule has 3 rings (SSSR count). The summed E-state index contributed by atoms with van der Waals surface area (Å²) in [7, 11) is -4.15. The Labute approximate surface area is 154 Å². The van der Waals surface area contributed by atoms with Crippen LogP contribution in [0.25, 0.3) is 0 Å². The lowest BCUT2D eigenvalue weighted by Gasteiger charge is -2.10. The lowest BCUT2D eigenvalue weighted by molar-refractivity contribution is -0.123. The van der Waals surface area contributed by atoms with Gasteiger partial charge in [0.25, 0.3) is 0 Å². The molecule has 8 heteroatoms. The molecule has 0 amide bonds. The maximum Gasteiger partial charge on any atom is 0.313 e. The second-order valence-electron chi connectivity index (χ2n) is 5.23. The van der Waals surface area contributed by atoms with Gasteiger partial charge in [-0.25, -0.2) is 0 Å². The quantitative estimate of drug-likeness (QED) is 0.741. The van der Waals surface area contributed by atoms with Crippen molar-refractivity contribution >= 4 is 31.8 Å². The van der Waals surface area contributed by atoms with Crippen molar-refractivity contribution in [2.45, 2.75) is 11.8 Å². The molecule has 0 spiro atoms. The summed E-state index contributed by atoms with van der Waals surface area (Å²) >= 11 is 3.26. The van der Waals surface area contributed by atoms with Crippen LogP contribution in [0.4, 0.5) is 0 Å². The first-order valence-corrected chi connectivity index (χ1v) is 9.54. The van der Waals surface area contributed by atoms with Crippen molar-refractivity contribution in [3.8, 4) is 0 Å². The highest BCUT2D eigenvalue weighted by Gasteiger charge is 2.39. The van der Waals surface area contributed by atoms with E-state index in [4.69, 9.17) is 16.0 Å². The first-order chi connectivity index (χ1) is 12.2. The lowest BCUT2D eigenvalue weighted by atomic mass is 10.1. The van der Waals surface area contributed by atoms with Crippen molar-refractivity contribution in [1.29, 1.82) is 0 Å². The first kappa shape index (κ1) is 16.2. The molecule has 1 heterocycles. The summed E-state index contributed by atoms with van der Waals surface area (Å²) < 4.78 is 43.6. The van der Waals surface area contributed by atoms with E-state index < -0.39 is 39.4 Å². The second kappa shape index (κ2) is 6.89. The van der Waals surface area contributed by atoms with Crippen LogP contribution in [0.3, 0.4) is 0 Å². The molecule has 0 bridgehead atoms. The molecule has 2 aromatic rings. The van der Waals surface area contributed by atoms with Gasteiger partial charge in [-0.2, -0.15) is 8.42 Å². The standard InChI is InChI=1S/C17H14BrNO5S/c18-13-8-6-12(7-9-13)15-14(20)16(17(19)23-15)24-25(21,22)10-11-4-2-1-3-5-11/h1-9,15H,10,19H2/t15-/m1/s1/i15D. The van der Waals surface area contributed by atoms with Crippen LogP contribution in [0.15, 0.2) is 70.7 Å². The van der Waals surface area contributed by atoms with Gasteiger partial charge < -0.3 is 14.7 Å². The second-order valence-corrected chi connectivity index (χ2v) is 7.72. The maximum atomic E-state index is 12.6. The summed E-state index contributed by atoms with van der Waals surface area (Å²) in [6, 6.07) is 14.6. The minimum Gasteiger partial charge on any atom is -0.460 e. The molecule has 0 radical (unpaired) electrons. The van der Waals surface area contributed by atoms with E-state index in [1.54, 1.807) is 42.5 Å². The number of carbonyl (C=O) groups is 1. The van der Waals surface area contributed by atoms with Gasteiger partial charge in [0.05, 0.1) is 1.37 Å². The zero-order valence-corrected chi connectivity index (χ0v) is 15.2. The van der Waals surface area contributed by atoms with Crippen molar-refractivity contribution in [3.63, 3.8) is 0 Å². The Morgan fingerprint density at radius 1 is 1.16 bits per heavy atom. The van der Waals surface area contributed by atoms with Crippen LogP contribution in [0, 0.1) is 0 Å². The van der Waals surface area contributed by atoms with Crippen molar-refractivity contribution in [2.75, 3.05) is 0 Å². The third kappa shape index (κ3) is 4.02. The molecule has 25 heavy (non-hydrogen) atoms. The molecule has 1 atom stereocenters. The Morgan fingerprint density at radius 2 is 1.80 bits per heavy atom. The molecule has 0 unspecified atom stereocenters. The number of hydrogen-bond donors (Lipinski definition) is 1. The molecule has 130 valence electrons. The number of halogens is 1. The highest BCUT2D eigenvalue weighted by molar-refractivity contribution is 9.10. The fraction of sp³-hybridized carbons (Fsp3) is 0.118. The molecule has 0 saturated carbocycles. The van der Waals surface area contributed by atoms with Gasteiger partial charge >= 0.3 is 10.1 Å². The summed E-state index contributed by atoms with van der Waals surface area (Å²) in [4.78, 5) is 12.6. The van der Waals surface area contributed by atoms with Gasteiger partial charge in [0.1, 0.15) is 5.75 Å². The van der Waals surface area contributed by atoms with E-state index in [0.29, 0.717) is 5.56 Å². The predicted molar refractivity (Wildman–Crippen MR) is 94.3 cm³/mol. The Morgan fingerprint density at radius 3 is 2.44 bits per heavy atom. The zero-order chi connectivity index (χ0) is 18.9. The third-order valence-electron chi connectivity index (χ3n) is 3.35. The van der Waals surface area contributed by atoms with Crippen molar-refractivity contribution < 1.29 is 23.5 Å². The minimum absolute atomic E-state index is 0.202. The van der Waals surface area contributed by atoms with Gasteiger partial charge in [0.2, 0.25) is 17.4 Å². The van der Waals surface area contributed by atoms with Gasteiger partial charge in [0.15, 0.2) is 6.08 Å². The van der Waals surface area contributed by atoms with Crippen LogP contribution in [0.2, 0.25) is 0 Å². The average Bonchev–Trinajstić information content (AvgIpc) is 2.80. The summed E-state index contributed by atoms with van der Waals surface area (Å²) in [5.41, 5.74) is 6.32. The molecule has 0 aliphatic carbocycles. The fourth-order valence-corrected chi connectivity index (χ4v) is 3.56. The van der Waals surface area contributed by atoms with Crippen LogP contribution in [0.5, 0.6) is 0 Å². The Hall–Kier alpha value is -2.32. The molecule has 2 N–H and O–H groups in total. The number of nitrogens with two attached hydrogens (primary N) is 1. The molecule has 0 aromatic heterocycles. The molecular formula is C17H14BrNO5S. The number of ketones is 1. The van der Waals surface area contributed by atoms with Gasteiger partial charge in [-0.3, -0.25) is 4.79 Å². The summed E-state index contributed by atoms with van der Waals surface area (Å²) in [6.45, 7) is 0. The van der Waals surface area contributed by atoms with Gasteiger partial charge in [-0.05, 0) is 17.7 Å². The normalized spacial score (nSPS) is 21.0. The fourth-order valence-electron chi connectivity index (χ4n) is 2.22. The Kier molecular flexibility index (Phi) is 4.46. The number of ether oxygens (including phenoxy) is 1. The average molecular weight is 425 g/mol. The van der Waals surface area contributed by atoms with E-state index in [0.717, 1.165) is 4.47 Å². The lowest BCUT2D eigenvalue weighted by Crippen LogP contribution is -2.16. The van der Waals surface area contributed by atoms with E-state index in [2.05, 4.69) is 15.9 Å².